The smallest absolute Gasteiger partial charge is 0.223 e. The fourth-order valence-corrected chi connectivity index (χ4v) is 4.23. The van der Waals surface area contributed by atoms with Crippen molar-refractivity contribution in [3.8, 4) is 0 Å². The monoisotopic (exact) mass is 357 g/mol. The normalized spacial score (nSPS) is 27.1. The summed E-state index contributed by atoms with van der Waals surface area (Å²) >= 11 is 0. The largest absolute Gasteiger partial charge is 0.356 e. The number of nitrogens with zero attached hydrogens (tertiary/aromatic N) is 1. The lowest BCUT2D eigenvalue weighted by molar-refractivity contribution is -0.132. The van der Waals surface area contributed by atoms with Crippen LogP contribution in [-0.2, 0) is 22.7 Å². The van der Waals surface area contributed by atoms with Crippen molar-refractivity contribution in [2.45, 2.75) is 57.3 Å². The Hall–Kier alpha value is -1.96. The van der Waals surface area contributed by atoms with Gasteiger partial charge in [0.1, 0.15) is 0 Å². The van der Waals surface area contributed by atoms with E-state index in [1.54, 1.807) is 0 Å². The predicted octanol–water partition coefficient (Wildman–Crippen LogP) is 0.575. The molecule has 1 aromatic carbocycles. The Labute approximate surface area is 153 Å². The van der Waals surface area contributed by atoms with E-state index in [0.29, 0.717) is 44.6 Å². The number of carbonyl (C=O) groups excluding carboxylic acids is 2. The first-order valence-electron chi connectivity index (χ1n) is 9.59. The molecular weight excluding hydrogens is 330 g/mol. The molecule has 7 heteroatoms. The van der Waals surface area contributed by atoms with Crippen molar-refractivity contribution < 1.29 is 9.59 Å². The van der Waals surface area contributed by atoms with Crippen LogP contribution in [0, 0.1) is 5.92 Å². The van der Waals surface area contributed by atoms with Gasteiger partial charge in [0.05, 0.1) is 0 Å². The molecule has 1 saturated carbocycles. The molecule has 0 bridgehead atoms. The number of amides is 2. The van der Waals surface area contributed by atoms with Gasteiger partial charge in [0.15, 0.2) is 0 Å². The Morgan fingerprint density at radius 2 is 1.81 bits per heavy atom. The highest BCUT2D eigenvalue weighted by molar-refractivity contribution is 5.79. The van der Waals surface area contributed by atoms with E-state index >= 15 is 0 Å². The van der Waals surface area contributed by atoms with Crippen molar-refractivity contribution in [2.75, 3.05) is 6.54 Å². The molecule has 3 atom stereocenters. The van der Waals surface area contributed by atoms with Gasteiger partial charge in [-0.1, -0.05) is 24.3 Å². The third-order valence-electron chi connectivity index (χ3n) is 5.80. The summed E-state index contributed by atoms with van der Waals surface area (Å²) in [6.07, 6.45) is 3.93. The molecule has 2 heterocycles. The molecule has 0 spiro atoms. The standard InChI is InChI=1S/C19H27N5O2/c25-18(24-11-14-4-1-2-5-15(14)12-24)6-3-9-20-19(26)13-7-8-16-17(10-13)22-23-21-16/h1-2,4-5,13,16-17,21-23H,3,6-12H2,(H,20,26). The molecule has 4 rings (SSSR count). The highest BCUT2D eigenvalue weighted by atomic mass is 16.2. The van der Waals surface area contributed by atoms with E-state index in [1.165, 1.54) is 11.1 Å². The van der Waals surface area contributed by atoms with Crippen LogP contribution in [0.15, 0.2) is 24.3 Å². The minimum Gasteiger partial charge on any atom is -0.356 e. The Morgan fingerprint density at radius 3 is 2.58 bits per heavy atom. The van der Waals surface area contributed by atoms with E-state index < -0.39 is 0 Å². The third-order valence-corrected chi connectivity index (χ3v) is 5.80. The van der Waals surface area contributed by atoms with Crippen molar-refractivity contribution >= 4 is 11.8 Å². The van der Waals surface area contributed by atoms with Gasteiger partial charge in [0, 0.05) is 44.1 Å². The average Bonchev–Trinajstić information content (AvgIpc) is 3.30. The lowest BCUT2D eigenvalue weighted by atomic mass is 9.82. The summed E-state index contributed by atoms with van der Waals surface area (Å²) in [5, 5.41) is 3.02. The fraction of sp³-hybridized carbons (Fsp3) is 0.579. The zero-order valence-corrected chi connectivity index (χ0v) is 15.0. The summed E-state index contributed by atoms with van der Waals surface area (Å²) in [4.78, 5) is 26.6. The Bertz CT molecular complexity index is 655. The van der Waals surface area contributed by atoms with Gasteiger partial charge in [-0.3, -0.25) is 9.59 Å². The van der Waals surface area contributed by atoms with E-state index in [1.807, 2.05) is 17.0 Å². The number of carbonyl (C=O) groups is 2. The average molecular weight is 357 g/mol. The van der Waals surface area contributed by atoms with Crippen LogP contribution in [0.3, 0.4) is 0 Å². The summed E-state index contributed by atoms with van der Waals surface area (Å²) in [6, 6.07) is 8.94. The van der Waals surface area contributed by atoms with Crippen molar-refractivity contribution in [3.63, 3.8) is 0 Å². The third kappa shape index (κ3) is 3.75. The second-order valence-electron chi connectivity index (χ2n) is 7.55. The molecule has 2 aliphatic heterocycles. The van der Waals surface area contributed by atoms with Crippen molar-refractivity contribution in [1.82, 2.24) is 26.6 Å². The number of benzene rings is 1. The van der Waals surface area contributed by atoms with E-state index in [2.05, 4.69) is 33.8 Å². The fourth-order valence-electron chi connectivity index (χ4n) is 4.23. The van der Waals surface area contributed by atoms with Gasteiger partial charge in [0.25, 0.3) is 0 Å². The topological polar surface area (TPSA) is 85.5 Å². The molecule has 140 valence electrons. The van der Waals surface area contributed by atoms with E-state index in [4.69, 9.17) is 0 Å². The number of nitrogens with one attached hydrogen (secondary N) is 4. The first-order chi connectivity index (χ1) is 12.7. The Morgan fingerprint density at radius 1 is 1.08 bits per heavy atom. The molecule has 0 radical (unpaired) electrons. The van der Waals surface area contributed by atoms with Gasteiger partial charge in [-0.15, -0.1) is 0 Å². The molecule has 2 fully saturated rings. The summed E-state index contributed by atoms with van der Waals surface area (Å²) in [7, 11) is 0. The van der Waals surface area contributed by atoms with Crippen LogP contribution in [-0.4, -0.2) is 35.3 Å². The van der Waals surface area contributed by atoms with E-state index in [0.717, 1.165) is 19.3 Å². The maximum atomic E-state index is 12.4. The molecule has 4 N–H and O–H groups in total. The summed E-state index contributed by atoms with van der Waals surface area (Å²) < 4.78 is 0. The predicted molar refractivity (Wildman–Crippen MR) is 97.3 cm³/mol. The highest BCUT2D eigenvalue weighted by Gasteiger charge is 2.36. The zero-order chi connectivity index (χ0) is 17.9. The maximum absolute atomic E-state index is 12.4. The van der Waals surface area contributed by atoms with Crippen molar-refractivity contribution in [3.05, 3.63) is 35.4 Å². The van der Waals surface area contributed by atoms with Gasteiger partial charge in [-0.05, 0) is 36.8 Å². The molecule has 1 aliphatic carbocycles. The second kappa shape index (κ2) is 7.73. The first-order valence-corrected chi connectivity index (χ1v) is 9.59. The van der Waals surface area contributed by atoms with Crippen LogP contribution in [0.25, 0.3) is 0 Å². The maximum Gasteiger partial charge on any atom is 0.223 e. The lowest BCUT2D eigenvalue weighted by Crippen LogP contribution is -2.44. The van der Waals surface area contributed by atoms with Gasteiger partial charge in [0.2, 0.25) is 11.8 Å². The van der Waals surface area contributed by atoms with Crippen LogP contribution >= 0.6 is 0 Å². The lowest BCUT2D eigenvalue weighted by Gasteiger charge is -2.29. The van der Waals surface area contributed by atoms with Gasteiger partial charge in [-0.2, -0.15) is 5.53 Å². The van der Waals surface area contributed by atoms with Gasteiger partial charge < -0.3 is 10.2 Å². The van der Waals surface area contributed by atoms with Crippen LogP contribution in [0.5, 0.6) is 0 Å². The highest BCUT2D eigenvalue weighted by Crippen LogP contribution is 2.26. The molecule has 7 nitrogen and oxygen atoms in total. The van der Waals surface area contributed by atoms with Crippen molar-refractivity contribution in [2.24, 2.45) is 5.92 Å². The van der Waals surface area contributed by atoms with Crippen LogP contribution < -0.4 is 21.7 Å². The Kier molecular flexibility index (Phi) is 5.19. The van der Waals surface area contributed by atoms with Crippen LogP contribution in [0.2, 0.25) is 0 Å². The quantitative estimate of drug-likeness (QED) is 0.579. The van der Waals surface area contributed by atoms with Crippen LogP contribution in [0.4, 0.5) is 0 Å². The minimum absolute atomic E-state index is 0.0641. The number of hydrazine groups is 2. The van der Waals surface area contributed by atoms with Crippen molar-refractivity contribution in [1.29, 1.82) is 0 Å². The molecular formula is C19H27N5O2. The number of hydrogen-bond donors (Lipinski definition) is 4. The molecule has 26 heavy (non-hydrogen) atoms. The molecule has 3 unspecified atom stereocenters. The molecule has 3 aliphatic rings. The van der Waals surface area contributed by atoms with Gasteiger partial charge >= 0.3 is 0 Å². The summed E-state index contributed by atoms with van der Waals surface area (Å²) in [5.74, 6) is 0.357. The Balaban J connectivity index is 1.15. The zero-order valence-electron chi connectivity index (χ0n) is 15.0. The number of hydrogen-bond acceptors (Lipinski definition) is 5. The first kappa shape index (κ1) is 17.5. The molecule has 1 aromatic rings. The molecule has 2 amide bonds. The molecule has 1 saturated heterocycles. The van der Waals surface area contributed by atoms with E-state index in [9.17, 15) is 9.59 Å². The van der Waals surface area contributed by atoms with Gasteiger partial charge in [-0.25, -0.2) is 10.9 Å². The number of rotatable bonds is 5. The minimum atomic E-state index is 0.0641. The summed E-state index contributed by atoms with van der Waals surface area (Å²) in [5.41, 5.74) is 11.8. The SMILES string of the molecule is O=C(NCCCC(=O)N1Cc2ccccc2C1)C1CCC2NNNC2C1. The summed E-state index contributed by atoms with van der Waals surface area (Å²) in [6.45, 7) is 1.99. The van der Waals surface area contributed by atoms with E-state index in [-0.39, 0.29) is 17.7 Å². The second-order valence-corrected chi connectivity index (χ2v) is 7.55. The van der Waals surface area contributed by atoms with Crippen LogP contribution in [0.1, 0.15) is 43.2 Å². The number of fused-ring (bicyclic) bond motifs is 2. The molecule has 0 aromatic heterocycles.